The molecular weight excluding hydrogens is 423 g/mol. The quantitative estimate of drug-likeness (QED) is 0.545. The zero-order valence-corrected chi connectivity index (χ0v) is 20.2. The molecule has 0 saturated carbocycles. The molecule has 2 atom stereocenters. The number of unbranched alkanes of at least 4 members (excludes halogenated alkanes) is 2. The maximum atomic E-state index is 13.9. The zero-order valence-electron chi connectivity index (χ0n) is 19.4. The van der Waals surface area contributed by atoms with Crippen LogP contribution in [0.25, 0.3) is 0 Å². The molecule has 2 unspecified atom stereocenters. The molecule has 2 aromatic carbocycles. The predicted octanol–water partition coefficient (Wildman–Crippen LogP) is 5.69. The first-order valence-electron chi connectivity index (χ1n) is 11.3. The Morgan fingerprint density at radius 1 is 1.12 bits per heavy atom. The monoisotopic (exact) mass is 456 g/mol. The van der Waals surface area contributed by atoms with Gasteiger partial charge in [-0.15, -0.1) is 11.8 Å². The van der Waals surface area contributed by atoms with Crippen LogP contribution in [0.3, 0.4) is 0 Å². The topological polar surface area (TPSA) is 49.4 Å². The Bertz CT molecular complexity index is 940. The average Bonchev–Trinajstić information content (AvgIpc) is 3.21. The van der Waals surface area contributed by atoms with Gasteiger partial charge >= 0.3 is 0 Å². The van der Waals surface area contributed by atoms with Crippen molar-refractivity contribution in [2.45, 2.75) is 63.8 Å². The summed E-state index contributed by atoms with van der Waals surface area (Å²) in [6.07, 6.45) is 3.04. The Kier molecular flexibility index (Phi) is 7.99. The third-order valence-electron chi connectivity index (χ3n) is 5.75. The number of halogens is 1. The van der Waals surface area contributed by atoms with Crippen LogP contribution in [0.5, 0.6) is 0 Å². The van der Waals surface area contributed by atoms with E-state index in [0.717, 1.165) is 24.8 Å². The van der Waals surface area contributed by atoms with Gasteiger partial charge in [0.05, 0.1) is 0 Å². The smallest absolute Gasteiger partial charge is 0.255 e. The van der Waals surface area contributed by atoms with Gasteiger partial charge in [-0.3, -0.25) is 9.59 Å². The van der Waals surface area contributed by atoms with Crippen molar-refractivity contribution in [3.05, 3.63) is 71.0 Å². The van der Waals surface area contributed by atoms with Crippen molar-refractivity contribution in [3.8, 4) is 0 Å². The largest absolute Gasteiger partial charge is 0.354 e. The number of thioether (sulfide) groups is 1. The molecule has 1 heterocycles. The van der Waals surface area contributed by atoms with Crippen LogP contribution in [0.1, 0.15) is 73.8 Å². The van der Waals surface area contributed by atoms with Crippen molar-refractivity contribution < 1.29 is 14.0 Å². The standard InChI is InChI=1S/C26H33FN2O2S/c1-5-6-7-15-28-23(30)22-17-32-25(19-9-8-10-21(27)16-19)29(22)24(31)18-11-13-20(14-12-18)26(2,3)4/h8-14,16,22,25H,5-7,15,17H2,1-4H3,(H,28,30). The molecule has 0 spiro atoms. The summed E-state index contributed by atoms with van der Waals surface area (Å²) in [5.41, 5.74) is 2.34. The summed E-state index contributed by atoms with van der Waals surface area (Å²) in [6, 6.07) is 13.3. The second-order valence-corrected chi connectivity index (χ2v) is 10.4. The van der Waals surface area contributed by atoms with E-state index >= 15 is 0 Å². The van der Waals surface area contributed by atoms with Crippen molar-refractivity contribution in [2.24, 2.45) is 0 Å². The number of nitrogens with zero attached hydrogens (tertiary/aromatic N) is 1. The lowest BCUT2D eigenvalue weighted by Gasteiger charge is -2.29. The average molecular weight is 457 g/mol. The maximum absolute atomic E-state index is 13.9. The molecule has 6 heteroatoms. The molecule has 3 rings (SSSR count). The van der Waals surface area contributed by atoms with Gasteiger partial charge in [0, 0.05) is 17.9 Å². The summed E-state index contributed by atoms with van der Waals surface area (Å²) >= 11 is 1.50. The lowest BCUT2D eigenvalue weighted by molar-refractivity contribution is -0.124. The SMILES string of the molecule is CCCCCNC(=O)C1CSC(c2cccc(F)c2)N1C(=O)c1ccc(C(C)(C)C)cc1. The van der Waals surface area contributed by atoms with Crippen molar-refractivity contribution in [3.63, 3.8) is 0 Å². The highest BCUT2D eigenvalue weighted by atomic mass is 32.2. The summed E-state index contributed by atoms with van der Waals surface area (Å²) in [5, 5.41) is 2.58. The number of amides is 2. The number of nitrogens with one attached hydrogen (secondary N) is 1. The third-order valence-corrected chi connectivity index (χ3v) is 7.07. The maximum Gasteiger partial charge on any atom is 0.255 e. The van der Waals surface area contributed by atoms with E-state index < -0.39 is 11.4 Å². The van der Waals surface area contributed by atoms with Gasteiger partial charge in [-0.25, -0.2) is 4.39 Å². The minimum absolute atomic E-state index is 0.0178. The second kappa shape index (κ2) is 10.5. The van der Waals surface area contributed by atoms with Crippen LogP contribution in [-0.2, 0) is 10.2 Å². The molecule has 4 nitrogen and oxygen atoms in total. The minimum Gasteiger partial charge on any atom is -0.354 e. The highest BCUT2D eigenvalue weighted by Gasteiger charge is 2.42. The van der Waals surface area contributed by atoms with E-state index in [1.54, 1.807) is 11.0 Å². The summed E-state index contributed by atoms with van der Waals surface area (Å²) in [5.74, 6) is -0.227. The van der Waals surface area contributed by atoms with Crippen molar-refractivity contribution >= 4 is 23.6 Å². The highest BCUT2D eigenvalue weighted by molar-refractivity contribution is 7.99. The summed E-state index contributed by atoms with van der Waals surface area (Å²) in [6.45, 7) is 9.09. The molecule has 0 aliphatic carbocycles. The number of hydrogen-bond donors (Lipinski definition) is 1. The van der Waals surface area contributed by atoms with Crippen LogP contribution in [0.4, 0.5) is 4.39 Å². The Morgan fingerprint density at radius 2 is 1.84 bits per heavy atom. The van der Waals surface area contributed by atoms with Gasteiger partial charge in [0.15, 0.2) is 0 Å². The Balaban J connectivity index is 1.88. The van der Waals surface area contributed by atoms with Crippen molar-refractivity contribution in [1.82, 2.24) is 10.2 Å². The molecule has 172 valence electrons. The molecule has 0 bridgehead atoms. The van der Waals surface area contributed by atoms with E-state index in [2.05, 4.69) is 33.0 Å². The molecule has 1 fully saturated rings. The van der Waals surface area contributed by atoms with Crippen LogP contribution in [0.2, 0.25) is 0 Å². The Morgan fingerprint density at radius 3 is 2.47 bits per heavy atom. The molecule has 0 radical (unpaired) electrons. The molecule has 2 amide bonds. The van der Waals surface area contributed by atoms with Gasteiger partial charge in [-0.05, 0) is 47.2 Å². The number of hydrogen-bond acceptors (Lipinski definition) is 3. The van der Waals surface area contributed by atoms with Gasteiger partial charge in [0.25, 0.3) is 5.91 Å². The summed E-state index contributed by atoms with van der Waals surface area (Å²) in [7, 11) is 0. The molecule has 2 aromatic rings. The van der Waals surface area contributed by atoms with E-state index in [1.807, 2.05) is 30.3 Å². The van der Waals surface area contributed by atoms with Crippen LogP contribution < -0.4 is 5.32 Å². The number of benzene rings is 2. The van der Waals surface area contributed by atoms with Gasteiger partial charge in [0.1, 0.15) is 17.2 Å². The first kappa shape index (κ1) is 24.3. The highest BCUT2D eigenvalue weighted by Crippen LogP contribution is 2.42. The van der Waals surface area contributed by atoms with Crippen molar-refractivity contribution in [1.29, 1.82) is 0 Å². The van der Waals surface area contributed by atoms with E-state index in [-0.39, 0.29) is 23.0 Å². The molecule has 1 N–H and O–H groups in total. The van der Waals surface area contributed by atoms with Gasteiger partial charge < -0.3 is 10.2 Å². The van der Waals surface area contributed by atoms with Crippen LogP contribution in [0, 0.1) is 5.82 Å². The zero-order chi connectivity index (χ0) is 23.3. The second-order valence-electron chi connectivity index (χ2n) is 9.29. The van der Waals surface area contributed by atoms with Crippen molar-refractivity contribution in [2.75, 3.05) is 12.3 Å². The molecule has 32 heavy (non-hydrogen) atoms. The fraction of sp³-hybridized carbons (Fsp3) is 0.462. The Labute approximate surface area is 195 Å². The number of carbonyl (C=O) groups excluding carboxylic acids is 2. The lowest BCUT2D eigenvalue weighted by atomic mass is 9.86. The van der Waals surface area contributed by atoms with Gasteiger partial charge in [-0.1, -0.05) is 64.8 Å². The normalized spacial score (nSPS) is 18.6. The fourth-order valence-corrected chi connectivity index (χ4v) is 5.26. The van der Waals surface area contributed by atoms with Crippen LogP contribution in [-0.4, -0.2) is 35.1 Å². The Hall–Kier alpha value is -2.34. The molecule has 1 aliphatic heterocycles. The summed E-state index contributed by atoms with van der Waals surface area (Å²) < 4.78 is 13.9. The lowest BCUT2D eigenvalue weighted by Crippen LogP contribution is -2.48. The molecule has 1 aliphatic rings. The van der Waals surface area contributed by atoms with E-state index in [0.29, 0.717) is 23.4 Å². The molecular formula is C26H33FN2O2S. The molecule has 0 aromatic heterocycles. The fourth-order valence-electron chi connectivity index (χ4n) is 3.84. The number of rotatable bonds is 7. The first-order valence-corrected chi connectivity index (χ1v) is 12.3. The van der Waals surface area contributed by atoms with Crippen LogP contribution >= 0.6 is 11.8 Å². The number of carbonyl (C=O) groups is 2. The van der Waals surface area contributed by atoms with E-state index in [4.69, 9.17) is 0 Å². The van der Waals surface area contributed by atoms with E-state index in [1.165, 1.54) is 23.9 Å². The van der Waals surface area contributed by atoms with Gasteiger partial charge in [0.2, 0.25) is 5.91 Å². The third kappa shape index (κ3) is 5.71. The van der Waals surface area contributed by atoms with Crippen LogP contribution in [0.15, 0.2) is 48.5 Å². The van der Waals surface area contributed by atoms with Gasteiger partial charge in [-0.2, -0.15) is 0 Å². The minimum atomic E-state index is -0.593. The first-order chi connectivity index (χ1) is 15.2. The van der Waals surface area contributed by atoms with E-state index in [9.17, 15) is 14.0 Å². The summed E-state index contributed by atoms with van der Waals surface area (Å²) in [4.78, 5) is 28.2. The molecule has 1 saturated heterocycles. The predicted molar refractivity (Wildman–Crippen MR) is 129 cm³/mol.